The van der Waals surface area contributed by atoms with E-state index in [4.69, 9.17) is 11.6 Å². The molecule has 1 aromatic rings. The highest BCUT2D eigenvalue weighted by atomic mass is 35.5. The first-order valence-corrected chi connectivity index (χ1v) is 9.06. The number of sulfonamides is 1. The van der Waals surface area contributed by atoms with Crippen LogP contribution in [0.1, 0.15) is 18.2 Å². The molecule has 110 valence electrons. The normalized spacial score (nSPS) is 12.5. The van der Waals surface area contributed by atoms with Gasteiger partial charge in [0.15, 0.2) is 0 Å². The maximum Gasteiger partial charge on any atom is 0.244 e. The number of thiophene rings is 1. The zero-order chi connectivity index (χ0) is 14.5. The fraction of sp³-hybridized carbons (Fsp3) is 0.667. The molecule has 1 rings (SSSR count). The van der Waals surface area contributed by atoms with Gasteiger partial charge in [0.1, 0.15) is 0 Å². The number of alkyl halides is 1. The Morgan fingerprint density at radius 1 is 1.32 bits per heavy atom. The molecule has 0 aliphatic carbocycles. The number of rotatable bonds is 8. The fourth-order valence-corrected chi connectivity index (χ4v) is 4.97. The summed E-state index contributed by atoms with van der Waals surface area (Å²) in [7, 11) is 0.555. The van der Waals surface area contributed by atoms with Gasteiger partial charge in [-0.25, -0.2) is 8.42 Å². The topological polar surface area (TPSA) is 40.6 Å². The highest BCUT2D eigenvalue weighted by Crippen LogP contribution is 2.26. The third-order valence-electron chi connectivity index (χ3n) is 2.81. The van der Waals surface area contributed by atoms with Crippen LogP contribution in [-0.2, 0) is 15.9 Å². The van der Waals surface area contributed by atoms with E-state index in [2.05, 4.69) is 4.90 Å². The Hall–Kier alpha value is -0.140. The Labute approximate surface area is 125 Å². The second-order valence-electron chi connectivity index (χ2n) is 4.50. The molecule has 0 amide bonds. The van der Waals surface area contributed by atoms with Crippen molar-refractivity contribution in [3.8, 4) is 0 Å². The lowest BCUT2D eigenvalue weighted by Crippen LogP contribution is -2.33. The van der Waals surface area contributed by atoms with E-state index >= 15 is 0 Å². The molecule has 0 fully saturated rings. The predicted molar refractivity (Wildman–Crippen MR) is 81.5 cm³/mol. The van der Waals surface area contributed by atoms with Crippen LogP contribution in [0.25, 0.3) is 0 Å². The molecule has 0 aliphatic rings. The van der Waals surface area contributed by atoms with Crippen molar-refractivity contribution < 1.29 is 8.42 Å². The van der Waals surface area contributed by atoms with Crippen molar-refractivity contribution in [2.45, 2.75) is 24.1 Å². The van der Waals surface area contributed by atoms with Crippen LogP contribution in [0, 0.1) is 0 Å². The van der Waals surface area contributed by atoms with Gasteiger partial charge in [0.2, 0.25) is 10.0 Å². The summed E-state index contributed by atoms with van der Waals surface area (Å²) in [4.78, 5) is 3.13. The average molecular weight is 325 g/mol. The van der Waals surface area contributed by atoms with Gasteiger partial charge < -0.3 is 4.90 Å². The smallest absolute Gasteiger partial charge is 0.244 e. The van der Waals surface area contributed by atoms with E-state index in [1.807, 2.05) is 21.0 Å². The van der Waals surface area contributed by atoms with E-state index in [-0.39, 0.29) is 5.88 Å². The van der Waals surface area contributed by atoms with Crippen LogP contribution in [0.3, 0.4) is 0 Å². The van der Waals surface area contributed by atoms with Crippen molar-refractivity contribution in [1.82, 2.24) is 9.21 Å². The molecular weight excluding hydrogens is 304 g/mol. The molecule has 1 heterocycles. The lowest BCUT2D eigenvalue weighted by Gasteiger charge is -2.21. The molecule has 0 N–H and O–H groups in total. The quantitative estimate of drug-likeness (QED) is 0.690. The van der Waals surface area contributed by atoms with Crippen LogP contribution in [0.2, 0.25) is 0 Å². The van der Waals surface area contributed by atoms with Gasteiger partial charge in [0.05, 0.1) is 10.8 Å². The van der Waals surface area contributed by atoms with Gasteiger partial charge in [-0.2, -0.15) is 4.31 Å². The second kappa shape index (κ2) is 7.59. The van der Waals surface area contributed by atoms with Gasteiger partial charge >= 0.3 is 0 Å². The van der Waals surface area contributed by atoms with Gasteiger partial charge in [-0.05, 0) is 38.5 Å². The van der Waals surface area contributed by atoms with Crippen LogP contribution in [0.4, 0.5) is 0 Å². The Bertz CT molecular complexity index is 486. The van der Waals surface area contributed by atoms with Crippen LogP contribution in [-0.4, -0.2) is 51.4 Å². The molecule has 7 heteroatoms. The molecule has 4 nitrogen and oxygen atoms in total. The van der Waals surface area contributed by atoms with Gasteiger partial charge in [0, 0.05) is 18.0 Å². The summed E-state index contributed by atoms with van der Waals surface area (Å²) in [5.41, 5.74) is 0. The molecule has 0 aliphatic heterocycles. The van der Waals surface area contributed by atoms with E-state index in [1.165, 1.54) is 15.6 Å². The zero-order valence-electron chi connectivity index (χ0n) is 11.6. The first kappa shape index (κ1) is 16.9. The lowest BCUT2D eigenvalue weighted by molar-refractivity contribution is 0.356. The zero-order valence-corrected chi connectivity index (χ0v) is 14.0. The van der Waals surface area contributed by atoms with Crippen molar-refractivity contribution in [3.05, 3.63) is 16.3 Å². The van der Waals surface area contributed by atoms with Crippen LogP contribution >= 0.6 is 22.9 Å². The highest BCUT2D eigenvalue weighted by molar-refractivity contribution is 7.89. The van der Waals surface area contributed by atoms with Crippen molar-refractivity contribution >= 4 is 33.0 Å². The monoisotopic (exact) mass is 324 g/mol. The SMILES string of the molecule is CCN(CCCN(C)C)S(=O)(=O)c1ccsc1CCl. The molecule has 1 aromatic heterocycles. The number of hydrogen-bond donors (Lipinski definition) is 0. The molecule has 0 unspecified atom stereocenters. The molecular formula is C12H21ClN2O2S2. The summed E-state index contributed by atoms with van der Waals surface area (Å²) in [6.45, 7) is 3.75. The Kier molecular flexibility index (Phi) is 6.76. The van der Waals surface area contributed by atoms with Crippen molar-refractivity contribution in [3.63, 3.8) is 0 Å². The maximum atomic E-state index is 12.5. The standard InChI is InChI=1S/C12H21ClN2O2S2/c1-4-15(8-5-7-14(2)3)19(16,17)12-6-9-18-11(12)10-13/h6,9H,4-5,7-8,10H2,1-3H3. The highest BCUT2D eigenvalue weighted by Gasteiger charge is 2.25. The van der Waals surface area contributed by atoms with Gasteiger partial charge in [-0.3, -0.25) is 0 Å². The Balaban J connectivity index is 2.84. The summed E-state index contributed by atoms with van der Waals surface area (Å²) in [6, 6.07) is 1.65. The van der Waals surface area contributed by atoms with Gasteiger partial charge in [0.25, 0.3) is 0 Å². The third-order valence-corrected chi connectivity index (χ3v) is 6.34. The summed E-state index contributed by atoms with van der Waals surface area (Å²) in [6.07, 6.45) is 0.820. The molecule has 0 saturated heterocycles. The lowest BCUT2D eigenvalue weighted by atomic mass is 10.4. The largest absolute Gasteiger partial charge is 0.309 e. The summed E-state index contributed by atoms with van der Waals surface area (Å²) >= 11 is 7.18. The molecule has 0 radical (unpaired) electrons. The molecule has 0 aromatic carbocycles. The van der Waals surface area contributed by atoms with Gasteiger partial charge in [-0.1, -0.05) is 6.92 Å². The van der Waals surface area contributed by atoms with Crippen LogP contribution in [0.15, 0.2) is 16.3 Å². The molecule has 0 saturated carbocycles. The minimum absolute atomic E-state index is 0.238. The first-order chi connectivity index (χ1) is 8.93. The average Bonchev–Trinajstić information content (AvgIpc) is 2.82. The van der Waals surface area contributed by atoms with Crippen molar-refractivity contribution in [2.24, 2.45) is 0 Å². The van der Waals surface area contributed by atoms with Crippen molar-refractivity contribution in [1.29, 1.82) is 0 Å². The Morgan fingerprint density at radius 2 is 2.00 bits per heavy atom. The number of halogens is 1. The van der Waals surface area contributed by atoms with E-state index in [9.17, 15) is 8.42 Å². The van der Waals surface area contributed by atoms with Gasteiger partial charge in [-0.15, -0.1) is 22.9 Å². The minimum Gasteiger partial charge on any atom is -0.309 e. The van der Waals surface area contributed by atoms with E-state index in [0.29, 0.717) is 22.9 Å². The van der Waals surface area contributed by atoms with Crippen molar-refractivity contribution in [2.75, 3.05) is 33.7 Å². The fourth-order valence-electron chi connectivity index (χ4n) is 1.81. The third kappa shape index (κ3) is 4.43. The minimum atomic E-state index is -3.41. The first-order valence-electron chi connectivity index (χ1n) is 6.20. The van der Waals surface area contributed by atoms with Crippen LogP contribution in [0.5, 0.6) is 0 Å². The molecule has 19 heavy (non-hydrogen) atoms. The summed E-state index contributed by atoms with van der Waals surface area (Å²) in [5.74, 6) is 0.238. The number of hydrogen-bond acceptors (Lipinski definition) is 4. The van der Waals surface area contributed by atoms with Crippen LogP contribution < -0.4 is 0 Å². The summed E-state index contributed by atoms with van der Waals surface area (Å²) in [5, 5.41) is 1.78. The van der Waals surface area contributed by atoms with E-state index < -0.39 is 10.0 Å². The maximum absolute atomic E-state index is 12.5. The van der Waals surface area contributed by atoms with E-state index in [1.54, 1.807) is 11.4 Å². The number of nitrogens with zero attached hydrogens (tertiary/aromatic N) is 2. The Morgan fingerprint density at radius 3 is 2.53 bits per heavy atom. The summed E-state index contributed by atoms with van der Waals surface area (Å²) < 4.78 is 26.6. The predicted octanol–water partition coefficient (Wildman–Crippen LogP) is 2.45. The second-order valence-corrected chi connectivity index (χ2v) is 7.67. The molecule has 0 atom stereocenters. The molecule has 0 spiro atoms. The molecule has 0 bridgehead atoms. The van der Waals surface area contributed by atoms with E-state index in [0.717, 1.165) is 13.0 Å².